The minimum absolute atomic E-state index is 0.0855. The molecule has 4 aromatic rings. The van der Waals surface area contributed by atoms with Crippen LogP contribution in [0.15, 0.2) is 42.6 Å². The second-order valence-corrected chi connectivity index (χ2v) is 9.60. The summed E-state index contributed by atoms with van der Waals surface area (Å²) in [6.07, 6.45) is 3.85. The number of aryl methyl sites for hydroxylation is 2. The molecule has 32 heavy (non-hydrogen) atoms. The quantitative estimate of drug-likeness (QED) is 0.425. The molecular weight excluding hydrogens is 420 g/mol. The summed E-state index contributed by atoms with van der Waals surface area (Å²) < 4.78 is 8.57. The number of aromatic nitrogens is 2. The van der Waals surface area contributed by atoms with E-state index in [0.717, 1.165) is 45.9 Å². The summed E-state index contributed by atoms with van der Waals surface area (Å²) in [6.45, 7) is 3.50. The number of carbonyl (C=O) groups excluding carboxylic acids is 1. The normalized spacial score (nSPS) is 16.4. The van der Waals surface area contributed by atoms with Crippen LogP contribution in [0.5, 0.6) is 0 Å². The molecule has 5 rings (SSSR count). The predicted molar refractivity (Wildman–Crippen MR) is 131 cm³/mol. The fourth-order valence-corrected chi connectivity index (χ4v) is 5.85. The van der Waals surface area contributed by atoms with Crippen molar-refractivity contribution in [2.75, 3.05) is 32.2 Å². The van der Waals surface area contributed by atoms with Crippen molar-refractivity contribution in [3.63, 3.8) is 0 Å². The SMILES string of the molecule is COCC1CCCN1C(=O)c1cc2nccc(N(C)c3ccc4c(c3)cc(C)n4C)c2s1. The van der Waals surface area contributed by atoms with E-state index in [9.17, 15) is 4.79 Å². The second-order valence-electron chi connectivity index (χ2n) is 8.55. The molecule has 1 aliphatic rings. The minimum atomic E-state index is 0.0855. The largest absolute Gasteiger partial charge is 0.383 e. The molecule has 0 saturated carbocycles. The molecular formula is C25H28N4O2S. The van der Waals surface area contributed by atoms with Crippen molar-refractivity contribution in [2.24, 2.45) is 7.05 Å². The van der Waals surface area contributed by atoms with Gasteiger partial charge in [-0.3, -0.25) is 9.78 Å². The number of thiophene rings is 1. The lowest BCUT2D eigenvalue weighted by Crippen LogP contribution is -2.37. The van der Waals surface area contributed by atoms with Crippen LogP contribution in [0.1, 0.15) is 28.2 Å². The number of benzene rings is 1. The Morgan fingerprint density at radius 2 is 2.12 bits per heavy atom. The smallest absolute Gasteiger partial charge is 0.264 e. The molecule has 1 atom stereocenters. The van der Waals surface area contributed by atoms with Crippen molar-refractivity contribution in [2.45, 2.75) is 25.8 Å². The first kappa shape index (κ1) is 21.0. The lowest BCUT2D eigenvalue weighted by atomic mass is 10.2. The van der Waals surface area contributed by atoms with E-state index in [2.05, 4.69) is 59.7 Å². The maximum atomic E-state index is 13.3. The van der Waals surface area contributed by atoms with E-state index in [1.807, 2.05) is 23.2 Å². The Labute approximate surface area is 192 Å². The van der Waals surface area contributed by atoms with Gasteiger partial charge < -0.3 is 19.1 Å². The molecule has 0 N–H and O–H groups in total. The molecule has 1 amide bonds. The van der Waals surface area contributed by atoms with Gasteiger partial charge in [-0.2, -0.15) is 0 Å². The number of carbonyl (C=O) groups is 1. The van der Waals surface area contributed by atoms with Gasteiger partial charge in [-0.15, -0.1) is 11.3 Å². The van der Waals surface area contributed by atoms with Crippen molar-refractivity contribution in [1.29, 1.82) is 0 Å². The zero-order valence-electron chi connectivity index (χ0n) is 19.0. The summed E-state index contributed by atoms with van der Waals surface area (Å²) in [5.41, 5.74) is 5.49. The number of amides is 1. The maximum Gasteiger partial charge on any atom is 0.264 e. The summed E-state index contributed by atoms with van der Waals surface area (Å²) in [5.74, 6) is 0.0855. The van der Waals surface area contributed by atoms with Gasteiger partial charge in [0.05, 0.1) is 33.4 Å². The molecule has 7 heteroatoms. The van der Waals surface area contributed by atoms with E-state index in [-0.39, 0.29) is 11.9 Å². The Kier molecular flexibility index (Phi) is 5.39. The maximum absolute atomic E-state index is 13.3. The van der Waals surface area contributed by atoms with Gasteiger partial charge in [-0.1, -0.05) is 0 Å². The third-order valence-electron chi connectivity index (χ3n) is 6.61. The highest BCUT2D eigenvalue weighted by molar-refractivity contribution is 7.21. The lowest BCUT2D eigenvalue weighted by molar-refractivity contribution is 0.0635. The molecule has 0 bridgehead atoms. The second kappa shape index (κ2) is 8.22. The minimum Gasteiger partial charge on any atom is -0.383 e. The van der Waals surface area contributed by atoms with Crippen LogP contribution in [0.2, 0.25) is 0 Å². The summed E-state index contributed by atoms with van der Waals surface area (Å²) in [7, 11) is 5.86. The van der Waals surface area contributed by atoms with Crippen LogP contribution in [0.3, 0.4) is 0 Å². The number of nitrogens with zero attached hydrogens (tertiary/aromatic N) is 4. The van der Waals surface area contributed by atoms with E-state index in [0.29, 0.717) is 6.61 Å². The van der Waals surface area contributed by atoms with Gasteiger partial charge in [0.25, 0.3) is 5.91 Å². The van der Waals surface area contributed by atoms with Crippen LogP contribution in [0.25, 0.3) is 21.1 Å². The number of hydrogen-bond donors (Lipinski definition) is 0. The van der Waals surface area contributed by atoms with Crippen molar-refractivity contribution in [1.82, 2.24) is 14.5 Å². The van der Waals surface area contributed by atoms with Gasteiger partial charge >= 0.3 is 0 Å². The van der Waals surface area contributed by atoms with E-state index in [1.165, 1.54) is 27.9 Å². The average Bonchev–Trinajstić information content (AvgIpc) is 3.50. The first-order valence-corrected chi connectivity index (χ1v) is 11.8. The molecule has 166 valence electrons. The highest BCUT2D eigenvalue weighted by atomic mass is 32.1. The van der Waals surface area contributed by atoms with Crippen molar-refractivity contribution in [3.8, 4) is 0 Å². The molecule has 0 spiro atoms. The number of likely N-dealkylation sites (tertiary alicyclic amines) is 1. The fraction of sp³-hybridized carbons (Fsp3) is 0.360. The fourth-order valence-electron chi connectivity index (χ4n) is 4.73. The number of ether oxygens (including phenoxy) is 1. The monoisotopic (exact) mass is 448 g/mol. The Balaban J connectivity index is 1.50. The van der Waals surface area contributed by atoms with E-state index < -0.39 is 0 Å². The molecule has 4 heterocycles. The third kappa shape index (κ3) is 3.45. The van der Waals surface area contributed by atoms with Crippen LogP contribution in [-0.2, 0) is 11.8 Å². The van der Waals surface area contributed by atoms with Gasteiger partial charge in [-0.25, -0.2) is 0 Å². The Bertz CT molecular complexity index is 1310. The number of fused-ring (bicyclic) bond motifs is 2. The van der Waals surface area contributed by atoms with Crippen molar-refractivity contribution < 1.29 is 9.53 Å². The van der Waals surface area contributed by atoms with E-state index in [1.54, 1.807) is 7.11 Å². The van der Waals surface area contributed by atoms with Crippen LogP contribution >= 0.6 is 11.3 Å². The summed E-state index contributed by atoms with van der Waals surface area (Å²) in [5, 5.41) is 1.22. The summed E-state index contributed by atoms with van der Waals surface area (Å²) in [4.78, 5) is 22.7. The first-order chi connectivity index (χ1) is 15.5. The van der Waals surface area contributed by atoms with Gasteiger partial charge in [0, 0.05) is 56.2 Å². The molecule has 0 radical (unpaired) electrons. The average molecular weight is 449 g/mol. The molecule has 1 fully saturated rings. The van der Waals surface area contributed by atoms with Crippen LogP contribution < -0.4 is 4.90 Å². The van der Waals surface area contributed by atoms with Gasteiger partial charge in [-0.05, 0) is 56.2 Å². The van der Waals surface area contributed by atoms with Gasteiger partial charge in [0.2, 0.25) is 0 Å². The molecule has 1 saturated heterocycles. The first-order valence-electron chi connectivity index (χ1n) is 11.0. The topological polar surface area (TPSA) is 50.6 Å². The summed E-state index contributed by atoms with van der Waals surface area (Å²) >= 11 is 1.53. The molecule has 1 aliphatic heterocycles. The van der Waals surface area contributed by atoms with Crippen molar-refractivity contribution in [3.05, 3.63) is 53.2 Å². The summed E-state index contributed by atoms with van der Waals surface area (Å²) in [6, 6.07) is 12.9. The predicted octanol–water partition coefficient (Wildman–Crippen LogP) is 5.12. The Hall–Kier alpha value is -2.90. The Morgan fingerprint density at radius 1 is 1.28 bits per heavy atom. The van der Waals surface area contributed by atoms with E-state index >= 15 is 0 Å². The Morgan fingerprint density at radius 3 is 2.94 bits per heavy atom. The number of hydrogen-bond acceptors (Lipinski definition) is 5. The molecule has 1 unspecified atom stereocenters. The molecule has 3 aromatic heterocycles. The van der Waals surface area contributed by atoms with E-state index in [4.69, 9.17) is 4.74 Å². The number of anilines is 2. The van der Waals surface area contributed by atoms with Gasteiger partial charge in [0.15, 0.2) is 0 Å². The molecule has 1 aromatic carbocycles. The number of rotatable bonds is 5. The number of methoxy groups -OCH3 is 1. The highest BCUT2D eigenvalue weighted by Gasteiger charge is 2.30. The van der Waals surface area contributed by atoms with Crippen LogP contribution in [0.4, 0.5) is 11.4 Å². The molecule has 6 nitrogen and oxygen atoms in total. The standard InChI is InChI=1S/C25H28N4O2S/c1-16-12-17-13-18(7-8-21(17)27(16)2)28(3)22-9-10-26-20-14-23(32-24(20)22)25(30)29-11-5-6-19(29)15-31-4/h7-10,12-14,19H,5-6,11,15H2,1-4H3. The number of pyridine rings is 1. The highest BCUT2D eigenvalue weighted by Crippen LogP contribution is 2.37. The third-order valence-corrected chi connectivity index (χ3v) is 7.75. The van der Waals surface area contributed by atoms with Crippen LogP contribution in [0, 0.1) is 6.92 Å². The van der Waals surface area contributed by atoms with Gasteiger partial charge in [0.1, 0.15) is 0 Å². The lowest BCUT2D eigenvalue weighted by Gasteiger charge is -2.23. The zero-order valence-corrected chi connectivity index (χ0v) is 19.8. The zero-order chi connectivity index (χ0) is 22.4. The van der Waals surface area contributed by atoms with Crippen LogP contribution in [-0.4, -0.2) is 53.7 Å². The van der Waals surface area contributed by atoms with Crippen molar-refractivity contribution >= 4 is 49.7 Å². The molecule has 0 aliphatic carbocycles.